The Morgan fingerprint density at radius 3 is 1.88 bits per heavy atom. The molecule has 0 aliphatic rings. The van der Waals surface area contributed by atoms with Crippen LogP contribution in [0, 0.1) is 0 Å². The molecule has 0 spiro atoms. The van der Waals surface area contributed by atoms with Crippen molar-refractivity contribution in [3.05, 3.63) is 35.4 Å². The zero-order valence-electron chi connectivity index (χ0n) is 11.1. The second-order valence-corrected chi connectivity index (χ2v) is 5.49. The van der Waals surface area contributed by atoms with Crippen LogP contribution in [-0.4, -0.2) is 12.1 Å². The van der Waals surface area contributed by atoms with Crippen LogP contribution in [0.3, 0.4) is 0 Å². The van der Waals surface area contributed by atoms with Crippen molar-refractivity contribution in [2.24, 2.45) is 0 Å². The molecule has 0 aromatic heterocycles. The smallest absolute Gasteiger partial charge is 0.00966 e. The summed E-state index contributed by atoms with van der Waals surface area (Å²) in [4.78, 5) is 0. The average Bonchev–Trinajstić information content (AvgIpc) is 2.19. The van der Waals surface area contributed by atoms with Crippen molar-refractivity contribution in [2.75, 3.05) is 6.54 Å². The molecule has 90 valence electrons. The first kappa shape index (κ1) is 13.2. The Morgan fingerprint density at radius 2 is 1.44 bits per heavy atom. The van der Waals surface area contributed by atoms with Gasteiger partial charge in [-0.3, -0.25) is 0 Å². The van der Waals surface area contributed by atoms with E-state index in [1.165, 1.54) is 24.0 Å². The van der Waals surface area contributed by atoms with Crippen molar-refractivity contribution in [1.82, 2.24) is 5.32 Å². The van der Waals surface area contributed by atoms with E-state index >= 15 is 0 Å². The van der Waals surface area contributed by atoms with E-state index in [4.69, 9.17) is 0 Å². The van der Waals surface area contributed by atoms with Crippen LogP contribution in [0.5, 0.6) is 0 Å². The third-order valence-electron chi connectivity index (χ3n) is 2.63. The maximum Gasteiger partial charge on any atom is 0.00966 e. The van der Waals surface area contributed by atoms with E-state index in [1.807, 2.05) is 0 Å². The molecule has 0 aliphatic carbocycles. The van der Waals surface area contributed by atoms with Gasteiger partial charge >= 0.3 is 0 Å². The number of rotatable bonds is 5. The summed E-state index contributed by atoms with van der Waals surface area (Å²) in [5.41, 5.74) is 3.11. The second-order valence-electron chi connectivity index (χ2n) is 5.49. The topological polar surface area (TPSA) is 12.0 Å². The van der Waals surface area contributed by atoms with Gasteiger partial charge in [0, 0.05) is 5.54 Å². The fraction of sp³-hybridized carbons (Fsp3) is 0.600. The number of benzene rings is 1. The molecule has 1 N–H and O–H groups in total. The Bertz CT molecular complexity index is 292. The second kappa shape index (κ2) is 6.05. The molecule has 0 saturated carbocycles. The number of nitrogens with one attached hydrogen (secondary N) is 1. The molecule has 16 heavy (non-hydrogen) atoms. The minimum absolute atomic E-state index is 0.224. The summed E-state index contributed by atoms with van der Waals surface area (Å²) >= 11 is 0. The van der Waals surface area contributed by atoms with E-state index in [2.05, 4.69) is 57.3 Å². The van der Waals surface area contributed by atoms with Gasteiger partial charge in [0.2, 0.25) is 0 Å². The highest BCUT2D eigenvalue weighted by atomic mass is 14.9. The maximum atomic E-state index is 3.51. The van der Waals surface area contributed by atoms with E-state index < -0.39 is 0 Å². The molecule has 0 aliphatic heterocycles. The van der Waals surface area contributed by atoms with Gasteiger partial charge in [0.15, 0.2) is 0 Å². The first-order valence-corrected chi connectivity index (χ1v) is 6.34. The monoisotopic (exact) mass is 219 g/mol. The highest BCUT2D eigenvalue weighted by Gasteiger charge is 2.07. The van der Waals surface area contributed by atoms with Crippen LogP contribution < -0.4 is 5.32 Å². The van der Waals surface area contributed by atoms with Crippen LogP contribution in [-0.2, 0) is 12.8 Å². The lowest BCUT2D eigenvalue weighted by Crippen LogP contribution is -2.37. The fourth-order valence-corrected chi connectivity index (χ4v) is 1.74. The molecule has 1 aromatic rings. The molecule has 1 heteroatoms. The van der Waals surface area contributed by atoms with E-state index in [0.717, 1.165) is 13.0 Å². The highest BCUT2D eigenvalue weighted by molar-refractivity contribution is 5.22. The van der Waals surface area contributed by atoms with Gasteiger partial charge in [0.25, 0.3) is 0 Å². The van der Waals surface area contributed by atoms with Crippen molar-refractivity contribution in [2.45, 2.75) is 52.5 Å². The standard InChI is InChI=1S/C15H25N/c1-5-6-13-7-9-14(10-8-13)11-12-16-15(2,3)4/h7-10,16H,5-6,11-12H2,1-4H3. The lowest BCUT2D eigenvalue weighted by Gasteiger charge is -2.20. The molecule has 0 saturated heterocycles. The summed E-state index contributed by atoms with van der Waals surface area (Å²) in [6.45, 7) is 9.89. The van der Waals surface area contributed by atoms with Gasteiger partial charge in [0.05, 0.1) is 0 Å². The van der Waals surface area contributed by atoms with Gasteiger partial charge < -0.3 is 5.32 Å². The predicted octanol–water partition coefficient (Wildman–Crippen LogP) is 3.57. The molecule has 0 amide bonds. The third-order valence-corrected chi connectivity index (χ3v) is 2.63. The molecular formula is C15H25N. The summed E-state index contributed by atoms with van der Waals surface area (Å²) in [7, 11) is 0. The molecule has 0 fully saturated rings. The van der Waals surface area contributed by atoms with Gasteiger partial charge in [-0.15, -0.1) is 0 Å². The van der Waals surface area contributed by atoms with Gasteiger partial charge in [-0.05, 0) is 51.3 Å². The lowest BCUT2D eigenvalue weighted by atomic mass is 10.0. The third kappa shape index (κ3) is 5.32. The highest BCUT2D eigenvalue weighted by Crippen LogP contribution is 2.07. The van der Waals surface area contributed by atoms with Crippen molar-refractivity contribution in [3.63, 3.8) is 0 Å². The Kier molecular flexibility index (Phi) is 5.01. The molecule has 1 nitrogen and oxygen atoms in total. The fourth-order valence-electron chi connectivity index (χ4n) is 1.74. The molecule has 0 unspecified atom stereocenters. The summed E-state index contributed by atoms with van der Waals surface area (Å²) in [5, 5.41) is 3.51. The van der Waals surface area contributed by atoms with E-state index in [9.17, 15) is 0 Å². The average molecular weight is 219 g/mol. The Balaban J connectivity index is 2.37. The summed E-state index contributed by atoms with van der Waals surface area (Å²) in [6, 6.07) is 9.04. The van der Waals surface area contributed by atoms with Crippen LogP contribution in [0.15, 0.2) is 24.3 Å². The summed E-state index contributed by atoms with van der Waals surface area (Å²) in [6.07, 6.45) is 3.54. The SMILES string of the molecule is CCCc1ccc(CCNC(C)(C)C)cc1. The quantitative estimate of drug-likeness (QED) is 0.798. The largest absolute Gasteiger partial charge is 0.312 e. The van der Waals surface area contributed by atoms with E-state index in [0.29, 0.717) is 0 Å². The van der Waals surface area contributed by atoms with Gasteiger partial charge in [-0.25, -0.2) is 0 Å². The molecule has 0 radical (unpaired) electrons. The minimum Gasteiger partial charge on any atom is -0.312 e. The molecular weight excluding hydrogens is 194 g/mol. The van der Waals surface area contributed by atoms with E-state index in [1.54, 1.807) is 0 Å². The van der Waals surface area contributed by atoms with Crippen molar-refractivity contribution in [3.8, 4) is 0 Å². The maximum absolute atomic E-state index is 3.51. The number of hydrogen-bond acceptors (Lipinski definition) is 1. The minimum atomic E-state index is 0.224. The Labute approximate surface area is 100 Å². The Hall–Kier alpha value is -0.820. The zero-order chi connectivity index (χ0) is 12.0. The summed E-state index contributed by atoms with van der Waals surface area (Å²) in [5.74, 6) is 0. The first-order valence-electron chi connectivity index (χ1n) is 6.34. The van der Waals surface area contributed by atoms with Gasteiger partial charge in [0.1, 0.15) is 0 Å². The molecule has 1 aromatic carbocycles. The molecule has 0 heterocycles. The van der Waals surface area contributed by atoms with Crippen molar-refractivity contribution < 1.29 is 0 Å². The van der Waals surface area contributed by atoms with E-state index in [-0.39, 0.29) is 5.54 Å². The predicted molar refractivity (Wildman–Crippen MR) is 71.9 cm³/mol. The van der Waals surface area contributed by atoms with Crippen molar-refractivity contribution in [1.29, 1.82) is 0 Å². The van der Waals surface area contributed by atoms with Gasteiger partial charge in [-0.2, -0.15) is 0 Å². The molecule has 0 bridgehead atoms. The normalized spacial score (nSPS) is 11.8. The van der Waals surface area contributed by atoms with Gasteiger partial charge in [-0.1, -0.05) is 37.6 Å². The zero-order valence-corrected chi connectivity index (χ0v) is 11.1. The van der Waals surface area contributed by atoms with Crippen LogP contribution in [0.1, 0.15) is 45.2 Å². The van der Waals surface area contributed by atoms with Crippen LogP contribution >= 0.6 is 0 Å². The number of hydrogen-bond donors (Lipinski definition) is 1. The number of aryl methyl sites for hydroxylation is 1. The Morgan fingerprint density at radius 1 is 0.938 bits per heavy atom. The van der Waals surface area contributed by atoms with Crippen LogP contribution in [0.2, 0.25) is 0 Å². The molecule has 0 atom stereocenters. The van der Waals surface area contributed by atoms with Crippen LogP contribution in [0.25, 0.3) is 0 Å². The van der Waals surface area contributed by atoms with Crippen molar-refractivity contribution >= 4 is 0 Å². The summed E-state index contributed by atoms with van der Waals surface area (Å²) < 4.78 is 0. The first-order chi connectivity index (χ1) is 7.51. The lowest BCUT2D eigenvalue weighted by molar-refractivity contribution is 0.429. The molecule has 1 rings (SSSR count). The van der Waals surface area contributed by atoms with Crippen LogP contribution in [0.4, 0.5) is 0 Å².